The van der Waals surface area contributed by atoms with Gasteiger partial charge in [-0.15, -0.1) is 0 Å². The van der Waals surface area contributed by atoms with Gasteiger partial charge < -0.3 is 10.2 Å². The highest BCUT2D eigenvalue weighted by Crippen LogP contribution is 2.23. The van der Waals surface area contributed by atoms with Crippen LogP contribution < -0.4 is 10.2 Å². The van der Waals surface area contributed by atoms with Gasteiger partial charge in [0.2, 0.25) is 11.8 Å². The highest BCUT2D eigenvalue weighted by molar-refractivity contribution is 6.22. The van der Waals surface area contributed by atoms with Crippen LogP contribution in [0.5, 0.6) is 0 Å². The number of carbonyl (C=O) groups is 4. The molecule has 2 aliphatic heterocycles. The van der Waals surface area contributed by atoms with Gasteiger partial charge in [0.15, 0.2) is 0 Å². The zero-order chi connectivity index (χ0) is 19.8. The molecular formula is C20H16FN3O4. The van der Waals surface area contributed by atoms with Crippen molar-refractivity contribution in [1.82, 2.24) is 10.2 Å². The summed E-state index contributed by atoms with van der Waals surface area (Å²) in [6.07, 6.45) is 0.0885. The SMILES string of the molecule is O=C(CN1C(=O)c2ccccc2C1=O)N[C@@H]1CC(=O)N(c2ccc(F)cc2)C1. The van der Waals surface area contributed by atoms with Crippen LogP contribution in [0.25, 0.3) is 0 Å². The number of hydrogen-bond donors (Lipinski definition) is 1. The van der Waals surface area contributed by atoms with Crippen LogP contribution in [0, 0.1) is 5.82 Å². The largest absolute Gasteiger partial charge is 0.349 e. The van der Waals surface area contributed by atoms with Crippen molar-refractivity contribution >= 4 is 29.3 Å². The van der Waals surface area contributed by atoms with Crippen molar-refractivity contribution < 1.29 is 23.6 Å². The molecule has 4 amide bonds. The molecule has 0 aliphatic carbocycles. The smallest absolute Gasteiger partial charge is 0.262 e. The first-order valence-corrected chi connectivity index (χ1v) is 8.74. The van der Waals surface area contributed by atoms with Gasteiger partial charge in [0.25, 0.3) is 11.8 Å². The summed E-state index contributed by atoms with van der Waals surface area (Å²) < 4.78 is 13.1. The molecular weight excluding hydrogens is 365 g/mol. The molecule has 4 rings (SSSR count). The summed E-state index contributed by atoms with van der Waals surface area (Å²) in [5, 5.41) is 2.69. The molecule has 8 heteroatoms. The number of benzene rings is 2. The average Bonchev–Trinajstić information content (AvgIpc) is 3.15. The van der Waals surface area contributed by atoms with Gasteiger partial charge in [0.1, 0.15) is 12.4 Å². The third kappa shape index (κ3) is 3.13. The second-order valence-electron chi connectivity index (χ2n) is 6.69. The first kappa shape index (κ1) is 17.8. The maximum atomic E-state index is 13.1. The molecule has 1 atom stereocenters. The molecule has 2 aromatic rings. The Kier molecular flexibility index (Phi) is 4.38. The number of fused-ring (bicyclic) bond motifs is 1. The van der Waals surface area contributed by atoms with Gasteiger partial charge in [-0.2, -0.15) is 0 Å². The third-order valence-electron chi connectivity index (χ3n) is 4.81. The summed E-state index contributed by atoms with van der Waals surface area (Å²) in [7, 11) is 0. The van der Waals surface area contributed by atoms with Crippen molar-refractivity contribution in [3.05, 3.63) is 65.5 Å². The molecule has 0 saturated carbocycles. The number of hydrogen-bond acceptors (Lipinski definition) is 4. The Balaban J connectivity index is 1.39. The first-order chi connectivity index (χ1) is 13.4. The Morgan fingerprint density at radius 1 is 1.00 bits per heavy atom. The third-order valence-corrected chi connectivity index (χ3v) is 4.81. The summed E-state index contributed by atoms with van der Waals surface area (Å²) in [6.45, 7) is -0.175. The van der Waals surface area contributed by atoms with Crippen LogP contribution in [-0.2, 0) is 9.59 Å². The number of halogens is 1. The molecule has 1 N–H and O–H groups in total. The zero-order valence-electron chi connectivity index (χ0n) is 14.7. The van der Waals surface area contributed by atoms with Crippen LogP contribution in [0.1, 0.15) is 27.1 Å². The number of nitrogens with one attached hydrogen (secondary N) is 1. The number of anilines is 1. The van der Waals surface area contributed by atoms with E-state index in [4.69, 9.17) is 0 Å². The lowest BCUT2D eigenvalue weighted by molar-refractivity contribution is -0.122. The summed E-state index contributed by atoms with van der Waals surface area (Å²) in [4.78, 5) is 51.6. The number of carbonyl (C=O) groups excluding carboxylic acids is 4. The predicted octanol–water partition coefficient (Wildman–Crippen LogP) is 1.34. The minimum atomic E-state index is -0.520. The standard InChI is InChI=1S/C20H16FN3O4/c21-12-5-7-14(8-6-12)23-10-13(9-18(23)26)22-17(25)11-24-19(27)15-3-1-2-4-16(15)20(24)28/h1-8,13H,9-11H2,(H,22,25)/t13-/m1/s1. The molecule has 0 bridgehead atoms. The van der Waals surface area contributed by atoms with Gasteiger partial charge in [-0.3, -0.25) is 24.1 Å². The summed E-state index contributed by atoms with van der Waals surface area (Å²) in [6, 6.07) is 11.5. The fourth-order valence-corrected chi connectivity index (χ4v) is 3.47. The lowest BCUT2D eigenvalue weighted by Gasteiger charge is -2.18. The Morgan fingerprint density at radius 3 is 2.21 bits per heavy atom. The van der Waals surface area contributed by atoms with E-state index in [2.05, 4.69) is 5.32 Å². The number of nitrogens with zero attached hydrogens (tertiary/aromatic N) is 2. The maximum absolute atomic E-state index is 13.1. The normalized spacial score (nSPS) is 18.6. The summed E-state index contributed by atoms with van der Waals surface area (Å²) in [5.41, 5.74) is 1.10. The molecule has 2 heterocycles. The van der Waals surface area contributed by atoms with E-state index in [1.54, 1.807) is 24.3 Å². The lowest BCUT2D eigenvalue weighted by Crippen LogP contribution is -2.44. The van der Waals surface area contributed by atoms with Crippen molar-refractivity contribution in [1.29, 1.82) is 0 Å². The monoisotopic (exact) mass is 381 g/mol. The van der Waals surface area contributed by atoms with Crippen LogP contribution in [0.4, 0.5) is 10.1 Å². The van der Waals surface area contributed by atoms with E-state index in [9.17, 15) is 23.6 Å². The van der Waals surface area contributed by atoms with E-state index < -0.39 is 36.1 Å². The van der Waals surface area contributed by atoms with E-state index in [0.717, 1.165) is 4.90 Å². The average molecular weight is 381 g/mol. The van der Waals surface area contributed by atoms with Crippen LogP contribution in [0.15, 0.2) is 48.5 Å². The molecule has 0 aromatic heterocycles. The quantitative estimate of drug-likeness (QED) is 0.810. The summed E-state index contributed by atoms with van der Waals surface area (Å²) >= 11 is 0. The van der Waals surface area contributed by atoms with Crippen LogP contribution in [-0.4, -0.2) is 47.7 Å². The Bertz CT molecular complexity index is 954. The molecule has 0 spiro atoms. The van der Waals surface area contributed by atoms with Gasteiger partial charge >= 0.3 is 0 Å². The molecule has 2 aromatic carbocycles. The fraction of sp³-hybridized carbons (Fsp3) is 0.200. The number of imide groups is 1. The molecule has 1 saturated heterocycles. The highest BCUT2D eigenvalue weighted by atomic mass is 19.1. The van der Waals surface area contributed by atoms with Crippen LogP contribution in [0.3, 0.4) is 0 Å². The second kappa shape index (κ2) is 6.88. The Hall–Kier alpha value is -3.55. The molecule has 0 radical (unpaired) electrons. The van der Waals surface area contributed by atoms with Gasteiger partial charge in [-0.05, 0) is 36.4 Å². The highest BCUT2D eigenvalue weighted by Gasteiger charge is 2.37. The zero-order valence-corrected chi connectivity index (χ0v) is 14.7. The minimum absolute atomic E-state index is 0.0885. The minimum Gasteiger partial charge on any atom is -0.349 e. The van der Waals surface area contributed by atoms with Crippen LogP contribution >= 0.6 is 0 Å². The molecule has 2 aliphatic rings. The fourth-order valence-electron chi connectivity index (χ4n) is 3.47. The van der Waals surface area contributed by atoms with E-state index in [-0.39, 0.29) is 30.0 Å². The molecule has 1 fully saturated rings. The Morgan fingerprint density at radius 2 is 1.61 bits per heavy atom. The van der Waals surface area contributed by atoms with E-state index >= 15 is 0 Å². The van der Waals surface area contributed by atoms with E-state index in [0.29, 0.717) is 5.69 Å². The first-order valence-electron chi connectivity index (χ1n) is 8.74. The van der Waals surface area contributed by atoms with E-state index in [1.807, 2.05) is 0 Å². The van der Waals surface area contributed by atoms with Gasteiger partial charge in [0, 0.05) is 18.7 Å². The molecule has 28 heavy (non-hydrogen) atoms. The van der Waals surface area contributed by atoms with Gasteiger partial charge in [-0.1, -0.05) is 12.1 Å². The topological polar surface area (TPSA) is 86.8 Å². The van der Waals surface area contributed by atoms with Crippen LogP contribution in [0.2, 0.25) is 0 Å². The van der Waals surface area contributed by atoms with Gasteiger partial charge in [-0.25, -0.2) is 4.39 Å². The predicted molar refractivity (Wildman–Crippen MR) is 97.1 cm³/mol. The second-order valence-corrected chi connectivity index (χ2v) is 6.69. The van der Waals surface area contributed by atoms with Gasteiger partial charge in [0.05, 0.1) is 17.2 Å². The number of amides is 4. The molecule has 142 valence electrons. The maximum Gasteiger partial charge on any atom is 0.262 e. The Labute approximate surface area is 159 Å². The summed E-state index contributed by atoms with van der Waals surface area (Å²) in [5.74, 6) is -2.13. The molecule has 0 unspecified atom stereocenters. The van der Waals surface area contributed by atoms with Crippen molar-refractivity contribution in [3.8, 4) is 0 Å². The van der Waals surface area contributed by atoms with Crippen molar-refractivity contribution in [2.45, 2.75) is 12.5 Å². The van der Waals surface area contributed by atoms with Crippen molar-refractivity contribution in [2.75, 3.05) is 18.0 Å². The van der Waals surface area contributed by atoms with Crippen molar-refractivity contribution in [3.63, 3.8) is 0 Å². The lowest BCUT2D eigenvalue weighted by atomic mass is 10.1. The molecule has 7 nitrogen and oxygen atoms in total. The number of rotatable bonds is 4. The van der Waals surface area contributed by atoms with Crippen molar-refractivity contribution in [2.24, 2.45) is 0 Å². The van der Waals surface area contributed by atoms with E-state index in [1.165, 1.54) is 29.2 Å².